The predicted octanol–water partition coefficient (Wildman–Crippen LogP) is 3.07. The smallest absolute Gasteiger partial charge is 0.272 e. The molecule has 1 unspecified atom stereocenters. The molecule has 0 aliphatic carbocycles. The van der Waals surface area contributed by atoms with Crippen LogP contribution in [0, 0.1) is 12.8 Å². The molecule has 3 rings (SSSR count). The van der Waals surface area contributed by atoms with Gasteiger partial charge in [-0.2, -0.15) is 0 Å². The quantitative estimate of drug-likeness (QED) is 0.800. The number of amides is 2. The Balaban J connectivity index is 1.79. The molecular formula is C22H28N4O2. The van der Waals surface area contributed by atoms with E-state index in [1.165, 1.54) is 0 Å². The van der Waals surface area contributed by atoms with E-state index in [2.05, 4.69) is 9.97 Å². The number of nitrogens with zero attached hydrogens (tertiary/aromatic N) is 4. The van der Waals surface area contributed by atoms with Crippen LogP contribution in [-0.4, -0.2) is 50.7 Å². The van der Waals surface area contributed by atoms with E-state index in [1.54, 1.807) is 18.6 Å². The lowest BCUT2D eigenvalue weighted by atomic mass is 10.0. The molecule has 1 aliphatic heterocycles. The van der Waals surface area contributed by atoms with Crippen LogP contribution in [0.3, 0.4) is 0 Å². The van der Waals surface area contributed by atoms with E-state index >= 15 is 0 Å². The molecule has 1 atom stereocenters. The Morgan fingerprint density at radius 3 is 2.71 bits per heavy atom. The molecule has 2 aromatic rings. The van der Waals surface area contributed by atoms with Gasteiger partial charge in [0.2, 0.25) is 5.91 Å². The van der Waals surface area contributed by atoms with Crippen LogP contribution in [0.1, 0.15) is 48.3 Å². The maximum Gasteiger partial charge on any atom is 0.272 e. The fourth-order valence-electron chi connectivity index (χ4n) is 3.66. The van der Waals surface area contributed by atoms with Gasteiger partial charge in [-0.3, -0.25) is 19.6 Å². The SMILES string of the molecule is Cc1cccnc1C(=O)N1CCCC(N(Cc2cccnc2)C(=O)C(C)C)C1. The summed E-state index contributed by atoms with van der Waals surface area (Å²) in [7, 11) is 0. The van der Waals surface area contributed by atoms with Gasteiger partial charge in [-0.25, -0.2) is 0 Å². The first-order chi connectivity index (χ1) is 13.5. The van der Waals surface area contributed by atoms with E-state index in [9.17, 15) is 9.59 Å². The van der Waals surface area contributed by atoms with Gasteiger partial charge in [-0.1, -0.05) is 26.0 Å². The van der Waals surface area contributed by atoms with Crippen molar-refractivity contribution in [3.63, 3.8) is 0 Å². The summed E-state index contributed by atoms with van der Waals surface area (Å²) < 4.78 is 0. The number of hydrogen-bond acceptors (Lipinski definition) is 4. The maximum atomic E-state index is 13.0. The van der Waals surface area contributed by atoms with Gasteiger partial charge < -0.3 is 9.80 Å². The molecule has 0 radical (unpaired) electrons. The van der Waals surface area contributed by atoms with Crippen molar-refractivity contribution in [3.05, 3.63) is 59.7 Å². The molecule has 2 amide bonds. The summed E-state index contributed by atoms with van der Waals surface area (Å²) in [6.45, 7) is 7.48. The lowest BCUT2D eigenvalue weighted by Gasteiger charge is -2.40. The van der Waals surface area contributed by atoms with Crippen molar-refractivity contribution in [1.29, 1.82) is 0 Å². The van der Waals surface area contributed by atoms with Crippen LogP contribution < -0.4 is 0 Å². The molecule has 1 aliphatic rings. The molecule has 2 aromatic heterocycles. The van der Waals surface area contributed by atoms with Gasteiger partial charge >= 0.3 is 0 Å². The van der Waals surface area contributed by atoms with E-state index in [-0.39, 0.29) is 23.8 Å². The molecule has 28 heavy (non-hydrogen) atoms. The van der Waals surface area contributed by atoms with Gasteiger partial charge in [0.1, 0.15) is 5.69 Å². The third-order valence-electron chi connectivity index (χ3n) is 5.19. The van der Waals surface area contributed by atoms with Crippen LogP contribution >= 0.6 is 0 Å². The highest BCUT2D eigenvalue weighted by Crippen LogP contribution is 2.22. The van der Waals surface area contributed by atoms with Crippen LogP contribution in [0.25, 0.3) is 0 Å². The monoisotopic (exact) mass is 380 g/mol. The summed E-state index contributed by atoms with van der Waals surface area (Å²) >= 11 is 0. The zero-order chi connectivity index (χ0) is 20.1. The Bertz CT molecular complexity index is 822. The van der Waals surface area contributed by atoms with Crippen LogP contribution in [0.15, 0.2) is 42.9 Å². The minimum Gasteiger partial charge on any atom is -0.335 e. The third-order valence-corrected chi connectivity index (χ3v) is 5.19. The fraction of sp³-hybridized carbons (Fsp3) is 0.455. The van der Waals surface area contributed by atoms with E-state index in [0.29, 0.717) is 25.3 Å². The lowest BCUT2D eigenvalue weighted by molar-refractivity contribution is -0.138. The Kier molecular flexibility index (Phi) is 6.39. The number of carbonyl (C=O) groups is 2. The van der Waals surface area contributed by atoms with Crippen LogP contribution in [0.5, 0.6) is 0 Å². The Labute approximate surface area is 166 Å². The summed E-state index contributed by atoms with van der Waals surface area (Å²) in [6.07, 6.45) is 6.94. The first kappa shape index (κ1) is 20.0. The van der Waals surface area contributed by atoms with Gasteiger partial charge in [0.25, 0.3) is 5.91 Å². The summed E-state index contributed by atoms with van der Waals surface area (Å²) in [5, 5.41) is 0. The van der Waals surface area contributed by atoms with Crippen LogP contribution in [0.4, 0.5) is 0 Å². The number of piperidine rings is 1. The normalized spacial score (nSPS) is 16.9. The third kappa shape index (κ3) is 4.55. The van der Waals surface area contributed by atoms with Crippen molar-refractivity contribution in [2.45, 2.75) is 46.2 Å². The minimum absolute atomic E-state index is 0.00294. The van der Waals surface area contributed by atoms with Gasteiger partial charge in [0, 0.05) is 50.2 Å². The molecule has 6 heteroatoms. The molecule has 0 bridgehead atoms. The Morgan fingerprint density at radius 1 is 1.25 bits per heavy atom. The summed E-state index contributed by atoms with van der Waals surface area (Å²) in [6, 6.07) is 7.60. The van der Waals surface area contributed by atoms with Gasteiger partial charge in [-0.15, -0.1) is 0 Å². The second-order valence-electron chi connectivity index (χ2n) is 7.70. The van der Waals surface area contributed by atoms with Gasteiger partial charge in [0.05, 0.1) is 0 Å². The first-order valence-corrected chi connectivity index (χ1v) is 9.87. The van der Waals surface area contributed by atoms with Crippen molar-refractivity contribution < 1.29 is 9.59 Å². The average molecular weight is 380 g/mol. The molecule has 148 valence electrons. The summed E-state index contributed by atoms with van der Waals surface area (Å²) in [4.78, 5) is 38.1. The zero-order valence-electron chi connectivity index (χ0n) is 16.8. The van der Waals surface area contributed by atoms with Crippen molar-refractivity contribution in [1.82, 2.24) is 19.8 Å². The number of aryl methyl sites for hydroxylation is 1. The van der Waals surface area contributed by atoms with Crippen molar-refractivity contribution >= 4 is 11.8 Å². The van der Waals surface area contributed by atoms with Crippen molar-refractivity contribution in [2.75, 3.05) is 13.1 Å². The van der Waals surface area contributed by atoms with Gasteiger partial charge in [0.15, 0.2) is 0 Å². The van der Waals surface area contributed by atoms with E-state index < -0.39 is 0 Å². The van der Waals surface area contributed by atoms with E-state index in [0.717, 1.165) is 24.0 Å². The number of aromatic nitrogens is 2. The van der Waals surface area contributed by atoms with Gasteiger partial charge in [-0.05, 0) is 43.0 Å². The Hall–Kier alpha value is -2.76. The van der Waals surface area contributed by atoms with Crippen LogP contribution in [0.2, 0.25) is 0 Å². The second kappa shape index (κ2) is 8.95. The fourth-order valence-corrected chi connectivity index (χ4v) is 3.66. The molecule has 1 saturated heterocycles. The standard InChI is InChI=1S/C22H28N4O2/c1-16(2)21(27)26(14-18-8-5-10-23-13-18)19-9-6-12-25(15-19)22(28)20-17(3)7-4-11-24-20/h4-5,7-8,10-11,13,16,19H,6,9,12,14-15H2,1-3H3. The number of carbonyl (C=O) groups excluding carboxylic acids is 2. The van der Waals surface area contributed by atoms with E-state index in [4.69, 9.17) is 0 Å². The molecule has 0 spiro atoms. The molecule has 0 N–H and O–H groups in total. The molecule has 0 saturated carbocycles. The lowest BCUT2D eigenvalue weighted by Crippen LogP contribution is -2.52. The number of pyridine rings is 2. The molecular weight excluding hydrogens is 352 g/mol. The zero-order valence-corrected chi connectivity index (χ0v) is 16.8. The summed E-state index contributed by atoms with van der Waals surface area (Å²) in [5.74, 6) is -0.0425. The van der Waals surface area contributed by atoms with E-state index in [1.807, 2.05) is 54.8 Å². The highest BCUT2D eigenvalue weighted by molar-refractivity contribution is 5.93. The van der Waals surface area contributed by atoms with Crippen LogP contribution in [-0.2, 0) is 11.3 Å². The highest BCUT2D eigenvalue weighted by atomic mass is 16.2. The number of likely N-dealkylation sites (tertiary alicyclic amines) is 1. The molecule has 3 heterocycles. The average Bonchev–Trinajstić information content (AvgIpc) is 2.72. The first-order valence-electron chi connectivity index (χ1n) is 9.87. The van der Waals surface area contributed by atoms with Crippen molar-refractivity contribution in [2.24, 2.45) is 5.92 Å². The second-order valence-corrected chi connectivity index (χ2v) is 7.70. The molecule has 6 nitrogen and oxygen atoms in total. The molecule has 0 aromatic carbocycles. The maximum absolute atomic E-state index is 13.0. The largest absolute Gasteiger partial charge is 0.335 e. The number of hydrogen-bond donors (Lipinski definition) is 0. The predicted molar refractivity (Wildman–Crippen MR) is 108 cm³/mol. The summed E-state index contributed by atoms with van der Waals surface area (Å²) in [5.41, 5.74) is 2.37. The number of rotatable bonds is 5. The highest BCUT2D eigenvalue weighted by Gasteiger charge is 2.32. The van der Waals surface area contributed by atoms with Crippen molar-refractivity contribution in [3.8, 4) is 0 Å². The minimum atomic E-state index is -0.0965. The Morgan fingerprint density at radius 2 is 2.04 bits per heavy atom. The molecule has 1 fully saturated rings. The topological polar surface area (TPSA) is 66.4 Å².